The predicted octanol–water partition coefficient (Wildman–Crippen LogP) is 5.23. The molecule has 1 N–H and O–H groups in total. The average molecular weight is 352 g/mol. The third-order valence-corrected chi connectivity index (χ3v) is 4.72. The van der Waals surface area contributed by atoms with Gasteiger partial charge in [0, 0.05) is 11.0 Å². The first-order chi connectivity index (χ1) is 9.79. The van der Waals surface area contributed by atoms with Crippen LogP contribution < -0.4 is 5.32 Å². The molecule has 0 aliphatic rings. The van der Waals surface area contributed by atoms with Crippen LogP contribution in [0.25, 0.3) is 0 Å². The molecule has 0 fully saturated rings. The lowest BCUT2D eigenvalue weighted by Crippen LogP contribution is -2.22. The lowest BCUT2D eigenvalue weighted by Gasteiger charge is -2.18. The molecule has 0 saturated heterocycles. The quantitative estimate of drug-likeness (QED) is 0.642. The van der Waals surface area contributed by atoms with Crippen LogP contribution in [0, 0.1) is 0 Å². The van der Waals surface area contributed by atoms with Gasteiger partial charge in [-0.2, -0.15) is 11.3 Å². The van der Waals surface area contributed by atoms with Gasteiger partial charge in [-0.3, -0.25) is 0 Å². The van der Waals surface area contributed by atoms with Gasteiger partial charge in [0.15, 0.2) is 0 Å². The molecule has 1 nitrogen and oxygen atoms in total. The molecule has 0 bridgehead atoms. The van der Waals surface area contributed by atoms with Gasteiger partial charge in [0.2, 0.25) is 0 Å². The molecular weight excluding hydrogens is 330 g/mol. The zero-order valence-corrected chi connectivity index (χ0v) is 14.3. The molecule has 108 valence electrons. The van der Waals surface area contributed by atoms with Crippen LogP contribution in [0.3, 0.4) is 0 Å². The second-order valence-corrected chi connectivity index (χ2v) is 6.82. The van der Waals surface area contributed by atoms with Crippen LogP contribution in [0.2, 0.25) is 0 Å². The molecule has 1 aromatic heterocycles. The summed E-state index contributed by atoms with van der Waals surface area (Å²) in [5.41, 5.74) is 2.89. The first-order valence-corrected chi connectivity index (χ1v) is 9.00. The number of halogens is 1. The highest BCUT2D eigenvalue weighted by Gasteiger charge is 2.12. The second kappa shape index (κ2) is 8.60. The average Bonchev–Trinajstić information content (AvgIpc) is 2.96. The normalized spacial score (nSPS) is 12.5. The van der Waals surface area contributed by atoms with Crippen molar-refractivity contribution >= 4 is 27.3 Å². The minimum Gasteiger partial charge on any atom is -0.316 e. The molecule has 2 aromatic rings. The van der Waals surface area contributed by atoms with E-state index < -0.39 is 0 Å². The zero-order chi connectivity index (χ0) is 14.2. The minimum absolute atomic E-state index is 0.582. The standard InChI is InChI=1S/C17H22BrNS/c1-2-9-19-12-16(7-6-14-8-10-20-13-14)15-4-3-5-17(18)11-15/h3-5,8,10-11,13,16,19H,2,6-7,9,12H2,1H3. The third kappa shape index (κ3) is 5.04. The van der Waals surface area contributed by atoms with Gasteiger partial charge in [-0.05, 0) is 71.8 Å². The van der Waals surface area contributed by atoms with Crippen molar-refractivity contribution in [2.75, 3.05) is 13.1 Å². The molecule has 1 heterocycles. The summed E-state index contributed by atoms with van der Waals surface area (Å²) < 4.78 is 1.17. The third-order valence-electron chi connectivity index (χ3n) is 3.50. The first-order valence-electron chi connectivity index (χ1n) is 7.27. The number of aryl methyl sites for hydroxylation is 1. The Bertz CT molecular complexity index is 495. The fraction of sp³-hybridized carbons (Fsp3) is 0.412. The van der Waals surface area contributed by atoms with E-state index in [2.05, 4.69) is 69.3 Å². The summed E-state index contributed by atoms with van der Waals surface area (Å²) in [6, 6.07) is 11.0. The van der Waals surface area contributed by atoms with Crippen molar-refractivity contribution in [1.82, 2.24) is 5.32 Å². The van der Waals surface area contributed by atoms with Crippen molar-refractivity contribution in [2.24, 2.45) is 0 Å². The summed E-state index contributed by atoms with van der Waals surface area (Å²) in [6.07, 6.45) is 3.55. The number of thiophene rings is 1. The van der Waals surface area contributed by atoms with Crippen LogP contribution in [-0.2, 0) is 6.42 Å². The van der Waals surface area contributed by atoms with Gasteiger partial charge in [0.25, 0.3) is 0 Å². The van der Waals surface area contributed by atoms with E-state index in [1.54, 1.807) is 11.3 Å². The maximum atomic E-state index is 3.58. The van der Waals surface area contributed by atoms with Crippen molar-refractivity contribution in [3.05, 3.63) is 56.7 Å². The number of nitrogens with one attached hydrogen (secondary N) is 1. The molecule has 1 atom stereocenters. The molecule has 0 aliphatic heterocycles. The highest BCUT2D eigenvalue weighted by Crippen LogP contribution is 2.24. The van der Waals surface area contributed by atoms with Gasteiger partial charge in [-0.15, -0.1) is 0 Å². The molecule has 1 aromatic carbocycles. The second-order valence-electron chi connectivity index (χ2n) is 5.13. The van der Waals surface area contributed by atoms with E-state index >= 15 is 0 Å². The first kappa shape index (κ1) is 15.7. The smallest absolute Gasteiger partial charge is 0.0178 e. The van der Waals surface area contributed by atoms with E-state index in [-0.39, 0.29) is 0 Å². The largest absolute Gasteiger partial charge is 0.316 e. The van der Waals surface area contributed by atoms with Crippen LogP contribution in [-0.4, -0.2) is 13.1 Å². The summed E-state index contributed by atoms with van der Waals surface area (Å²) in [7, 11) is 0. The Morgan fingerprint density at radius 1 is 1.30 bits per heavy atom. The lowest BCUT2D eigenvalue weighted by molar-refractivity contribution is 0.548. The Hall–Kier alpha value is -0.640. The summed E-state index contributed by atoms with van der Waals surface area (Å²) in [4.78, 5) is 0. The van der Waals surface area contributed by atoms with Crippen molar-refractivity contribution < 1.29 is 0 Å². The van der Waals surface area contributed by atoms with Crippen molar-refractivity contribution in [2.45, 2.75) is 32.1 Å². The summed E-state index contributed by atoms with van der Waals surface area (Å²) in [6.45, 7) is 4.38. The Labute approximate surface area is 134 Å². The summed E-state index contributed by atoms with van der Waals surface area (Å²) >= 11 is 5.37. The molecular formula is C17H22BrNS. The number of benzene rings is 1. The summed E-state index contributed by atoms with van der Waals surface area (Å²) in [5, 5.41) is 8.00. The van der Waals surface area contributed by atoms with Gasteiger partial charge in [0.1, 0.15) is 0 Å². The Morgan fingerprint density at radius 2 is 2.20 bits per heavy atom. The molecule has 2 rings (SSSR count). The molecule has 1 unspecified atom stereocenters. The molecule has 0 saturated carbocycles. The van der Waals surface area contributed by atoms with Crippen LogP contribution in [0.4, 0.5) is 0 Å². The van der Waals surface area contributed by atoms with Gasteiger partial charge >= 0.3 is 0 Å². The highest BCUT2D eigenvalue weighted by atomic mass is 79.9. The fourth-order valence-corrected chi connectivity index (χ4v) is 3.50. The predicted molar refractivity (Wildman–Crippen MR) is 92.7 cm³/mol. The Morgan fingerprint density at radius 3 is 2.90 bits per heavy atom. The fourth-order valence-electron chi connectivity index (χ4n) is 2.38. The van der Waals surface area contributed by atoms with Crippen molar-refractivity contribution in [1.29, 1.82) is 0 Å². The topological polar surface area (TPSA) is 12.0 Å². The minimum atomic E-state index is 0.582. The van der Waals surface area contributed by atoms with E-state index in [4.69, 9.17) is 0 Å². The van der Waals surface area contributed by atoms with Crippen LogP contribution in [0.5, 0.6) is 0 Å². The van der Waals surface area contributed by atoms with Crippen LogP contribution in [0.1, 0.15) is 36.8 Å². The van der Waals surface area contributed by atoms with Gasteiger partial charge < -0.3 is 5.32 Å². The number of rotatable bonds is 8. The molecule has 3 heteroatoms. The van der Waals surface area contributed by atoms with Gasteiger partial charge in [0.05, 0.1) is 0 Å². The Balaban J connectivity index is 1.99. The van der Waals surface area contributed by atoms with Crippen molar-refractivity contribution in [3.63, 3.8) is 0 Å². The van der Waals surface area contributed by atoms with E-state index in [0.717, 1.165) is 19.5 Å². The molecule has 0 aliphatic carbocycles. The van der Waals surface area contributed by atoms with Gasteiger partial charge in [-0.1, -0.05) is 35.0 Å². The van der Waals surface area contributed by atoms with E-state index in [9.17, 15) is 0 Å². The number of hydrogen-bond donors (Lipinski definition) is 1. The van der Waals surface area contributed by atoms with Crippen LogP contribution >= 0.6 is 27.3 Å². The molecule has 20 heavy (non-hydrogen) atoms. The number of hydrogen-bond acceptors (Lipinski definition) is 2. The maximum Gasteiger partial charge on any atom is 0.0178 e. The highest BCUT2D eigenvalue weighted by molar-refractivity contribution is 9.10. The van der Waals surface area contributed by atoms with E-state index in [1.165, 1.54) is 28.4 Å². The SMILES string of the molecule is CCCNCC(CCc1ccsc1)c1cccc(Br)c1. The molecule has 0 radical (unpaired) electrons. The molecule has 0 amide bonds. The lowest BCUT2D eigenvalue weighted by atomic mass is 9.93. The summed E-state index contributed by atoms with van der Waals surface area (Å²) in [5.74, 6) is 0.582. The Kier molecular flexibility index (Phi) is 6.77. The van der Waals surface area contributed by atoms with E-state index in [0.29, 0.717) is 5.92 Å². The monoisotopic (exact) mass is 351 g/mol. The molecule has 0 spiro atoms. The van der Waals surface area contributed by atoms with Gasteiger partial charge in [-0.25, -0.2) is 0 Å². The maximum absolute atomic E-state index is 3.58. The van der Waals surface area contributed by atoms with Crippen molar-refractivity contribution in [3.8, 4) is 0 Å². The zero-order valence-electron chi connectivity index (χ0n) is 11.9. The van der Waals surface area contributed by atoms with E-state index in [1.807, 2.05) is 0 Å². The van der Waals surface area contributed by atoms with Crippen LogP contribution in [0.15, 0.2) is 45.6 Å².